The summed E-state index contributed by atoms with van der Waals surface area (Å²) in [6.45, 7) is 3.48. The Morgan fingerprint density at radius 2 is 1.84 bits per heavy atom. The van der Waals surface area contributed by atoms with Crippen molar-refractivity contribution < 1.29 is 4.79 Å². The van der Waals surface area contributed by atoms with Crippen molar-refractivity contribution in [1.82, 2.24) is 9.88 Å². The Balaban J connectivity index is 1.79. The molecule has 1 aliphatic heterocycles. The van der Waals surface area contributed by atoms with Crippen LogP contribution in [0, 0.1) is 18.8 Å². The number of aromatic amines is 1. The van der Waals surface area contributed by atoms with E-state index in [9.17, 15) is 9.59 Å². The minimum Gasteiger partial charge on any atom is -0.338 e. The van der Waals surface area contributed by atoms with Gasteiger partial charge in [0.05, 0.1) is 0 Å². The molecule has 4 heteroatoms. The first kappa shape index (κ1) is 12.5. The lowest BCUT2D eigenvalue weighted by molar-refractivity contribution is 0.0782. The van der Waals surface area contributed by atoms with Crippen LogP contribution < -0.4 is 5.56 Å². The van der Waals surface area contributed by atoms with Gasteiger partial charge in [0.25, 0.3) is 11.5 Å². The highest BCUT2D eigenvalue weighted by Crippen LogP contribution is 2.36. The van der Waals surface area contributed by atoms with Gasteiger partial charge in [-0.15, -0.1) is 0 Å². The molecular formula is C15H20N2O2. The van der Waals surface area contributed by atoms with Gasteiger partial charge in [-0.25, -0.2) is 0 Å². The zero-order valence-electron chi connectivity index (χ0n) is 11.3. The SMILES string of the molecule is Cc1ccc(C(=O)N2CC3CCCCC3C2)c(=O)[nH]1. The number of amides is 1. The summed E-state index contributed by atoms with van der Waals surface area (Å²) in [6.07, 6.45) is 5.04. The molecule has 2 fully saturated rings. The second kappa shape index (κ2) is 4.83. The summed E-state index contributed by atoms with van der Waals surface area (Å²) in [5.41, 5.74) is 0.806. The van der Waals surface area contributed by atoms with Crippen LogP contribution in [0.5, 0.6) is 0 Å². The molecule has 0 bridgehead atoms. The van der Waals surface area contributed by atoms with Crippen molar-refractivity contribution in [2.24, 2.45) is 11.8 Å². The molecule has 1 aromatic heterocycles. The number of carbonyl (C=O) groups is 1. The van der Waals surface area contributed by atoms with Crippen LogP contribution in [0.1, 0.15) is 41.7 Å². The third-order valence-corrected chi connectivity index (χ3v) is 4.55. The van der Waals surface area contributed by atoms with Crippen molar-refractivity contribution in [3.8, 4) is 0 Å². The standard InChI is InChI=1S/C15H20N2O2/c1-10-6-7-13(14(18)16-10)15(19)17-8-11-4-2-3-5-12(11)9-17/h6-7,11-12H,2-5,8-9H2,1H3,(H,16,18). The first-order valence-electron chi connectivity index (χ1n) is 7.14. The number of aryl methyl sites for hydroxylation is 1. The minimum absolute atomic E-state index is 0.101. The Kier molecular flexibility index (Phi) is 3.17. The first-order valence-corrected chi connectivity index (χ1v) is 7.14. The number of likely N-dealkylation sites (tertiary alicyclic amines) is 1. The number of carbonyl (C=O) groups excluding carboxylic acids is 1. The van der Waals surface area contributed by atoms with Crippen molar-refractivity contribution >= 4 is 5.91 Å². The molecule has 1 N–H and O–H groups in total. The largest absolute Gasteiger partial charge is 0.338 e. The van der Waals surface area contributed by atoms with Gasteiger partial charge in [0, 0.05) is 18.8 Å². The van der Waals surface area contributed by atoms with Gasteiger partial charge in [-0.1, -0.05) is 12.8 Å². The molecular weight excluding hydrogens is 240 g/mol. The van der Waals surface area contributed by atoms with Gasteiger partial charge in [-0.3, -0.25) is 9.59 Å². The Hall–Kier alpha value is -1.58. The predicted molar refractivity (Wildman–Crippen MR) is 73.2 cm³/mol. The highest BCUT2D eigenvalue weighted by atomic mass is 16.2. The van der Waals surface area contributed by atoms with E-state index in [0.29, 0.717) is 11.8 Å². The summed E-state index contributed by atoms with van der Waals surface area (Å²) in [6, 6.07) is 3.44. The van der Waals surface area contributed by atoms with E-state index in [2.05, 4.69) is 4.98 Å². The van der Waals surface area contributed by atoms with Gasteiger partial charge in [-0.2, -0.15) is 0 Å². The van der Waals surface area contributed by atoms with Crippen LogP contribution in [0.25, 0.3) is 0 Å². The average Bonchev–Trinajstić information content (AvgIpc) is 2.81. The number of hydrogen-bond donors (Lipinski definition) is 1. The number of pyridine rings is 1. The van der Waals surface area contributed by atoms with Crippen LogP contribution in [0.15, 0.2) is 16.9 Å². The predicted octanol–water partition coefficient (Wildman–Crippen LogP) is 1.95. The van der Waals surface area contributed by atoms with E-state index in [1.54, 1.807) is 12.1 Å². The molecule has 0 aromatic carbocycles. The fraction of sp³-hybridized carbons (Fsp3) is 0.600. The summed E-state index contributed by atoms with van der Waals surface area (Å²) in [4.78, 5) is 28.9. The van der Waals surface area contributed by atoms with E-state index >= 15 is 0 Å². The maximum absolute atomic E-state index is 12.4. The lowest BCUT2D eigenvalue weighted by atomic mass is 9.82. The molecule has 4 nitrogen and oxygen atoms in total. The third-order valence-electron chi connectivity index (χ3n) is 4.55. The molecule has 0 spiro atoms. The van der Waals surface area contributed by atoms with Crippen molar-refractivity contribution in [1.29, 1.82) is 0 Å². The second-order valence-electron chi connectivity index (χ2n) is 5.90. The van der Waals surface area contributed by atoms with Gasteiger partial charge in [0.1, 0.15) is 5.56 Å². The molecule has 1 aliphatic carbocycles. The molecule has 0 radical (unpaired) electrons. The zero-order chi connectivity index (χ0) is 13.4. The van der Waals surface area contributed by atoms with Crippen LogP contribution in [0.3, 0.4) is 0 Å². The minimum atomic E-state index is -0.264. The normalized spacial score (nSPS) is 26.3. The van der Waals surface area contributed by atoms with Crippen LogP contribution >= 0.6 is 0 Å². The number of hydrogen-bond acceptors (Lipinski definition) is 2. The van der Waals surface area contributed by atoms with E-state index in [4.69, 9.17) is 0 Å². The molecule has 19 heavy (non-hydrogen) atoms. The first-order chi connectivity index (χ1) is 9.15. The number of fused-ring (bicyclic) bond motifs is 1. The highest BCUT2D eigenvalue weighted by Gasteiger charge is 2.37. The highest BCUT2D eigenvalue weighted by molar-refractivity contribution is 5.94. The summed E-state index contributed by atoms with van der Waals surface area (Å²) in [5.74, 6) is 1.21. The zero-order valence-corrected chi connectivity index (χ0v) is 11.3. The average molecular weight is 260 g/mol. The van der Waals surface area contributed by atoms with Crippen molar-refractivity contribution in [2.45, 2.75) is 32.6 Å². The second-order valence-corrected chi connectivity index (χ2v) is 5.90. The summed E-state index contributed by atoms with van der Waals surface area (Å²) in [5, 5.41) is 0. The number of nitrogens with one attached hydrogen (secondary N) is 1. The number of nitrogens with zero attached hydrogens (tertiary/aromatic N) is 1. The lowest BCUT2D eigenvalue weighted by Gasteiger charge is -2.22. The van der Waals surface area contributed by atoms with Crippen molar-refractivity contribution in [3.05, 3.63) is 33.7 Å². The van der Waals surface area contributed by atoms with Crippen LogP contribution in [-0.2, 0) is 0 Å². The molecule has 2 unspecified atom stereocenters. The number of rotatable bonds is 1. The van der Waals surface area contributed by atoms with Gasteiger partial charge in [0.2, 0.25) is 0 Å². The van der Waals surface area contributed by atoms with Crippen LogP contribution in [0.4, 0.5) is 0 Å². The Morgan fingerprint density at radius 1 is 1.21 bits per heavy atom. The van der Waals surface area contributed by atoms with Crippen LogP contribution in [0.2, 0.25) is 0 Å². The number of H-pyrrole nitrogens is 1. The van der Waals surface area contributed by atoms with E-state index in [-0.39, 0.29) is 17.0 Å². The summed E-state index contributed by atoms with van der Waals surface area (Å²) >= 11 is 0. The maximum Gasteiger partial charge on any atom is 0.260 e. The van der Waals surface area contributed by atoms with Crippen molar-refractivity contribution in [3.63, 3.8) is 0 Å². The van der Waals surface area contributed by atoms with Gasteiger partial charge in [-0.05, 0) is 43.7 Å². The van der Waals surface area contributed by atoms with Gasteiger partial charge in [0.15, 0.2) is 0 Å². The Bertz CT molecular complexity index is 535. The molecule has 1 amide bonds. The summed E-state index contributed by atoms with van der Waals surface area (Å²) < 4.78 is 0. The summed E-state index contributed by atoms with van der Waals surface area (Å²) in [7, 11) is 0. The Morgan fingerprint density at radius 3 is 2.42 bits per heavy atom. The maximum atomic E-state index is 12.4. The molecule has 1 aromatic rings. The van der Waals surface area contributed by atoms with Gasteiger partial charge >= 0.3 is 0 Å². The Labute approximate surface area is 112 Å². The van der Waals surface area contributed by atoms with E-state index < -0.39 is 0 Å². The fourth-order valence-corrected chi connectivity index (χ4v) is 3.48. The molecule has 3 rings (SSSR count). The third kappa shape index (κ3) is 2.31. The molecule has 2 aliphatic rings. The molecule has 102 valence electrons. The van der Waals surface area contributed by atoms with E-state index in [1.807, 2.05) is 11.8 Å². The molecule has 2 heterocycles. The lowest BCUT2D eigenvalue weighted by Crippen LogP contribution is -2.33. The van der Waals surface area contributed by atoms with Crippen LogP contribution in [-0.4, -0.2) is 28.9 Å². The molecule has 1 saturated carbocycles. The number of aromatic nitrogens is 1. The quantitative estimate of drug-likeness (QED) is 0.839. The van der Waals surface area contributed by atoms with E-state index in [1.165, 1.54) is 25.7 Å². The topological polar surface area (TPSA) is 53.2 Å². The monoisotopic (exact) mass is 260 g/mol. The van der Waals surface area contributed by atoms with Crippen molar-refractivity contribution in [2.75, 3.05) is 13.1 Å². The fourth-order valence-electron chi connectivity index (χ4n) is 3.48. The molecule has 1 saturated heterocycles. The smallest absolute Gasteiger partial charge is 0.260 e. The van der Waals surface area contributed by atoms with Gasteiger partial charge < -0.3 is 9.88 Å². The van der Waals surface area contributed by atoms with E-state index in [0.717, 1.165) is 18.8 Å². The molecule has 2 atom stereocenters.